The molecule has 8 nitrogen and oxygen atoms in total. The maximum atomic E-state index is 11.9. The van der Waals surface area contributed by atoms with Crippen molar-refractivity contribution in [2.24, 2.45) is 0 Å². The van der Waals surface area contributed by atoms with Crippen molar-refractivity contribution in [3.63, 3.8) is 0 Å². The molecule has 0 atom stereocenters. The SMILES string of the molecule is O=C(NCCCn1cncn1)c1cc(-c2ccoc2)on1. The summed E-state index contributed by atoms with van der Waals surface area (Å²) in [6, 6.07) is 3.32. The van der Waals surface area contributed by atoms with Gasteiger partial charge in [-0.2, -0.15) is 5.10 Å². The molecule has 108 valence electrons. The second-order valence-electron chi connectivity index (χ2n) is 4.36. The monoisotopic (exact) mass is 287 g/mol. The highest BCUT2D eigenvalue weighted by molar-refractivity contribution is 5.92. The standard InChI is InChI=1S/C13H13N5O3/c19-13(15-3-1-4-18-9-14-8-16-18)11-6-12(21-17-11)10-2-5-20-7-10/h2,5-9H,1,3-4H2,(H,15,19). The van der Waals surface area contributed by atoms with Crippen LogP contribution in [0.25, 0.3) is 11.3 Å². The molecule has 21 heavy (non-hydrogen) atoms. The number of carbonyl (C=O) groups excluding carboxylic acids is 1. The van der Waals surface area contributed by atoms with Crippen molar-refractivity contribution >= 4 is 5.91 Å². The number of carbonyl (C=O) groups is 1. The molecule has 0 unspecified atom stereocenters. The molecule has 0 saturated carbocycles. The van der Waals surface area contributed by atoms with E-state index in [4.69, 9.17) is 8.94 Å². The highest BCUT2D eigenvalue weighted by Gasteiger charge is 2.13. The Bertz CT molecular complexity index is 687. The van der Waals surface area contributed by atoms with Crippen molar-refractivity contribution < 1.29 is 13.7 Å². The van der Waals surface area contributed by atoms with E-state index in [1.165, 1.54) is 18.9 Å². The van der Waals surface area contributed by atoms with Gasteiger partial charge in [-0.1, -0.05) is 5.16 Å². The van der Waals surface area contributed by atoms with E-state index in [1.54, 1.807) is 23.1 Å². The summed E-state index contributed by atoms with van der Waals surface area (Å²) < 4.78 is 11.8. The van der Waals surface area contributed by atoms with Gasteiger partial charge in [0.25, 0.3) is 5.91 Å². The van der Waals surface area contributed by atoms with Gasteiger partial charge >= 0.3 is 0 Å². The predicted molar refractivity (Wildman–Crippen MR) is 71.2 cm³/mol. The molecule has 0 fully saturated rings. The van der Waals surface area contributed by atoms with Gasteiger partial charge in [0.1, 0.15) is 18.9 Å². The summed E-state index contributed by atoms with van der Waals surface area (Å²) in [4.78, 5) is 15.7. The third kappa shape index (κ3) is 3.16. The van der Waals surface area contributed by atoms with Crippen LogP contribution in [-0.2, 0) is 6.54 Å². The lowest BCUT2D eigenvalue weighted by molar-refractivity contribution is 0.0943. The minimum absolute atomic E-state index is 0.243. The average molecular weight is 287 g/mol. The Hall–Kier alpha value is -2.90. The first-order chi connectivity index (χ1) is 10.3. The molecule has 1 N–H and O–H groups in total. The zero-order valence-electron chi connectivity index (χ0n) is 11.1. The first-order valence-electron chi connectivity index (χ1n) is 6.43. The summed E-state index contributed by atoms with van der Waals surface area (Å²) in [5.74, 6) is 0.226. The van der Waals surface area contributed by atoms with Gasteiger partial charge in [-0.3, -0.25) is 9.48 Å². The molecule has 3 rings (SSSR count). The Morgan fingerprint density at radius 3 is 3.14 bits per heavy atom. The zero-order chi connectivity index (χ0) is 14.5. The predicted octanol–water partition coefficient (Wildman–Crippen LogP) is 1.35. The van der Waals surface area contributed by atoms with Gasteiger partial charge in [-0.25, -0.2) is 4.98 Å². The van der Waals surface area contributed by atoms with E-state index in [0.717, 1.165) is 12.0 Å². The van der Waals surface area contributed by atoms with Crippen molar-refractivity contribution in [1.29, 1.82) is 0 Å². The molecule has 8 heteroatoms. The van der Waals surface area contributed by atoms with Gasteiger partial charge in [0, 0.05) is 19.2 Å². The van der Waals surface area contributed by atoms with Crippen molar-refractivity contribution in [3.05, 3.63) is 43.0 Å². The van der Waals surface area contributed by atoms with Crippen LogP contribution < -0.4 is 5.32 Å². The van der Waals surface area contributed by atoms with E-state index in [9.17, 15) is 4.79 Å². The number of rotatable bonds is 6. The van der Waals surface area contributed by atoms with E-state index in [2.05, 4.69) is 20.6 Å². The van der Waals surface area contributed by atoms with Crippen molar-refractivity contribution in [2.45, 2.75) is 13.0 Å². The fraction of sp³-hybridized carbons (Fsp3) is 0.231. The third-order valence-corrected chi connectivity index (χ3v) is 2.86. The van der Waals surface area contributed by atoms with Gasteiger partial charge in [0.2, 0.25) is 0 Å². The number of aromatic nitrogens is 4. The van der Waals surface area contributed by atoms with Gasteiger partial charge in [0.15, 0.2) is 11.5 Å². The van der Waals surface area contributed by atoms with Crippen LogP contribution in [0.5, 0.6) is 0 Å². The molecule has 1 amide bonds. The molecule has 0 aliphatic rings. The molecule has 0 radical (unpaired) electrons. The maximum absolute atomic E-state index is 11.9. The number of hydrogen-bond donors (Lipinski definition) is 1. The summed E-state index contributed by atoms with van der Waals surface area (Å²) in [5.41, 5.74) is 0.986. The van der Waals surface area contributed by atoms with Crippen molar-refractivity contribution in [2.75, 3.05) is 6.54 Å². The van der Waals surface area contributed by atoms with E-state index in [1.807, 2.05) is 0 Å². The minimum Gasteiger partial charge on any atom is -0.472 e. The maximum Gasteiger partial charge on any atom is 0.273 e. The Balaban J connectivity index is 1.49. The number of amides is 1. The van der Waals surface area contributed by atoms with E-state index >= 15 is 0 Å². The zero-order valence-corrected chi connectivity index (χ0v) is 11.1. The summed E-state index contributed by atoms with van der Waals surface area (Å²) in [7, 11) is 0. The summed E-state index contributed by atoms with van der Waals surface area (Å²) >= 11 is 0. The third-order valence-electron chi connectivity index (χ3n) is 2.86. The molecule has 0 aliphatic heterocycles. The van der Waals surface area contributed by atoms with Crippen LogP contribution >= 0.6 is 0 Å². The second-order valence-corrected chi connectivity index (χ2v) is 4.36. The van der Waals surface area contributed by atoms with Gasteiger partial charge < -0.3 is 14.3 Å². The molecule has 3 aromatic heterocycles. The number of nitrogens with one attached hydrogen (secondary N) is 1. The molecule has 0 spiro atoms. The Labute approximate surface area is 119 Å². The van der Waals surface area contributed by atoms with Crippen molar-refractivity contribution in [1.82, 2.24) is 25.2 Å². The van der Waals surface area contributed by atoms with Crippen LogP contribution in [0.3, 0.4) is 0 Å². The van der Waals surface area contributed by atoms with Crippen LogP contribution in [0.2, 0.25) is 0 Å². The fourth-order valence-electron chi connectivity index (χ4n) is 1.80. The molecular weight excluding hydrogens is 274 g/mol. The van der Waals surface area contributed by atoms with Gasteiger partial charge in [0.05, 0.1) is 11.8 Å². The molecule has 0 aromatic carbocycles. The van der Waals surface area contributed by atoms with Crippen LogP contribution in [-0.4, -0.2) is 32.4 Å². The minimum atomic E-state index is -0.271. The number of nitrogens with zero attached hydrogens (tertiary/aromatic N) is 4. The molecular formula is C13H13N5O3. The first-order valence-corrected chi connectivity index (χ1v) is 6.43. The lowest BCUT2D eigenvalue weighted by Gasteiger charge is -2.02. The second kappa shape index (κ2) is 6.04. The van der Waals surface area contributed by atoms with E-state index < -0.39 is 0 Å². The van der Waals surface area contributed by atoms with Gasteiger partial charge in [-0.15, -0.1) is 0 Å². The summed E-state index contributed by atoms with van der Waals surface area (Å²) in [6.07, 6.45) is 6.92. The van der Waals surface area contributed by atoms with Crippen LogP contribution in [0, 0.1) is 0 Å². The lowest BCUT2D eigenvalue weighted by Crippen LogP contribution is -2.25. The Morgan fingerprint density at radius 1 is 1.43 bits per heavy atom. The molecule has 3 aromatic rings. The van der Waals surface area contributed by atoms with E-state index in [-0.39, 0.29) is 11.6 Å². The summed E-state index contributed by atoms with van der Waals surface area (Å²) in [6.45, 7) is 1.21. The Morgan fingerprint density at radius 2 is 2.38 bits per heavy atom. The Kier molecular flexibility index (Phi) is 3.77. The van der Waals surface area contributed by atoms with Gasteiger partial charge in [-0.05, 0) is 12.5 Å². The molecule has 0 saturated heterocycles. The average Bonchev–Trinajstić information content (AvgIpc) is 3.25. The van der Waals surface area contributed by atoms with Crippen molar-refractivity contribution in [3.8, 4) is 11.3 Å². The molecule has 0 aliphatic carbocycles. The number of aryl methyl sites for hydroxylation is 1. The molecule has 3 heterocycles. The van der Waals surface area contributed by atoms with E-state index in [0.29, 0.717) is 18.8 Å². The van der Waals surface area contributed by atoms with Crippen LogP contribution in [0.15, 0.2) is 46.3 Å². The first kappa shape index (κ1) is 13.1. The largest absolute Gasteiger partial charge is 0.472 e. The normalized spacial score (nSPS) is 10.7. The smallest absolute Gasteiger partial charge is 0.273 e. The highest BCUT2D eigenvalue weighted by atomic mass is 16.5. The van der Waals surface area contributed by atoms with Crippen LogP contribution in [0.4, 0.5) is 0 Å². The number of furan rings is 1. The fourth-order valence-corrected chi connectivity index (χ4v) is 1.80. The quantitative estimate of drug-likeness (QED) is 0.687. The summed E-state index contributed by atoms with van der Waals surface area (Å²) in [5, 5.41) is 10.5. The molecule has 0 bridgehead atoms. The lowest BCUT2D eigenvalue weighted by atomic mass is 10.2. The van der Waals surface area contributed by atoms with Crippen LogP contribution in [0.1, 0.15) is 16.9 Å². The highest BCUT2D eigenvalue weighted by Crippen LogP contribution is 2.20. The number of hydrogen-bond acceptors (Lipinski definition) is 6. The topological polar surface area (TPSA) is 99.0 Å².